The Labute approximate surface area is 85.5 Å². The molecule has 0 unspecified atom stereocenters. The number of hydrogen-bond acceptors (Lipinski definition) is 2. The average molecular weight is 191 g/mol. The second-order valence-electron chi connectivity index (χ2n) is 3.97. The standard InChI is InChI=1S/C12H17NO/c1-9-12(14-10(2)13(9)3)11-7-5-4-6-8-11/h4-10,12H,1-3H3/t9-,10-,12-/m1/s1. The topological polar surface area (TPSA) is 12.5 Å². The van der Waals surface area contributed by atoms with Gasteiger partial charge in [-0.3, -0.25) is 4.90 Å². The summed E-state index contributed by atoms with van der Waals surface area (Å²) in [6, 6.07) is 10.9. The van der Waals surface area contributed by atoms with Crippen molar-refractivity contribution >= 4 is 0 Å². The Hall–Kier alpha value is -0.860. The van der Waals surface area contributed by atoms with Crippen molar-refractivity contribution in [2.24, 2.45) is 0 Å². The predicted octanol–water partition coefficient (Wildman–Crippen LogP) is 2.42. The van der Waals surface area contributed by atoms with E-state index < -0.39 is 0 Å². The maximum atomic E-state index is 5.90. The lowest BCUT2D eigenvalue weighted by atomic mass is 10.0. The molecule has 1 fully saturated rings. The Morgan fingerprint density at radius 3 is 2.29 bits per heavy atom. The highest BCUT2D eigenvalue weighted by Gasteiger charge is 2.34. The van der Waals surface area contributed by atoms with Crippen molar-refractivity contribution in [3.8, 4) is 0 Å². The minimum atomic E-state index is 0.218. The maximum Gasteiger partial charge on any atom is 0.108 e. The molecule has 0 bridgehead atoms. The Bertz CT molecular complexity index is 298. The first-order valence-corrected chi connectivity index (χ1v) is 5.12. The van der Waals surface area contributed by atoms with E-state index in [9.17, 15) is 0 Å². The second-order valence-corrected chi connectivity index (χ2v) is 3.97. The van der Waals surface area contributed by atoms with E-state index in [1.165, 1.54) is 5.56 Å². The van der Waals surface area contributed by atoms with Crippen LogP contribution in [0, 0.1) is 0 Å². The van der Waals surface area contributed by atoms with Crippen molar-refractivity contribution in [3.63, 3.8) is 0 Å². The third-order valence-corrected chi connectivity index (χ3v) is 3.13. The van der Waals surface area contributed by atoms with Gasteiger partial charge < -0.3 is 4.74 Å². The summed E-state index contributed by atoms with van der Waals surface area (Å²) in [5.41, 5.74) is 1.27. The van der Waals surface area contributed by atoms with Crippen LogP contribution in [0.15, 0.2) is 30.3 Å². The van der Waals surface area contributed by atoms with Crippen molar-refractivity contribution in [2.75, 3.05) is 7.05 Å². The molecule has 1 aliphatic heterocycles. The molecule has 14 heavy (non-hydrogen) atoms. The Balaban J connectivity index is 2.21. The molecule has 1 aliphatic rings. The number of hydrogen-bond donors (Lipinski definition) is 0. The van der Waals surface area contributed by atoms with Crippen LogP contribution in [-0.4, -0.2) is 24.2 Å². The van der Waals surface area contributed by atoms with Crippen molar-refractivity contribution in [1.82, 2.24) is 4.90 Å². The minimum absolute atomic E-state index is 0.218. The molecule has 1 saturated heterocycles. The van der Waals surface area contributed by atoms with Crippen LogP contribution in [0.1, 0.15) is 25.5 Å². The smallest absolute Gasteiger partial charge is 0.108 e. The first-order chi connectivity index (χ1) is 6.70. The Kier molecular flexibility index (Phi) is 2.57. The van der Waals surface area contributed by atoms with Crippen LogP contribution in [-0.2, 0) is 4.74 Å². The van der Waals surface area contributed by atoms with E-state index in [4.69, 9.17) is 4.74 Å². The third-order valence-electron chi connectivity index (χ3n) is 3.13. The van der Waals surface area contributed by atoms with E-state index >= 15 is 0 Å². The molecule has 0 aromatic heterocycles. The summed E-state index contributed by atoms with van der Waals surface area (Å²) in [4.78, 5) is 2.26. The zero-order valence-electron chi connectivity index (χ0n) is 8.97. The Morgan fingerprint density at radius 2 is 1.79 bits per heavy atom. The van der Waals surface area contributed by atoms with Gasteiger partial charge >= 0.3 is 0 Å². The van der Waals surface area contributed by atoms with Crippen LogP contribution in [0.2, 0.25) is 0 Å². The SMILES string of the molecule is C[C@@H]1[C@H](c2ccccc2)O[C@H](C)N1C. The molecule has 2 rings (SSSR count). The number of benzene rings is 1. The maximum absolute atomic E-state index is 5.90. The van der Waals surface area contributed by atoms with Gasteiger partial charge in [0.15, 0.2) is 0 Å². The highest BCUT2D eigenvalue weighted by atomic mass is 16.5. The number of likely N-dealkylation sites (N-methyl/N-ethyl adjacent to an activating group) is 1. The molecule has 2 heteroatoms. The van der Waals surface area contributed by atoms with Gasteiger partial charge in [0.05, 0.1) is 6.10 Å². The van der Waals surface area contributed by atoms with Crippen molar-refractivity contribution in [1.29, 1.82) is 0 Å². The van der Waals surface area contributed by atoms with Crippen molar-refractivity contribution in [2.45, 2.75) is 32.2 Å². The summed E-state index contributed by atoms with van der Waals surface area (Å²) >= 11 is 0. The molecule has 1 aromatic rings. The summed E-state index contributed by atoms with van der Waals surface area (Å²) in [6.45, 7) is 4.31. The normalized spacial score (nSPS) is 33.5. The Morgan fingerprint density at radius 1 is 1.14 bits per heavy atom. The quantitative estimate of drug-likeness (QED) is 0.676. The molecular weight excluding hydrogens is 174 g/mol. The van der Waals surface area contributed by atoms with Crippen LogP contribution in [0.5, 0.6) is 0 Å². The molecule has 1 aromatic carbocycles. The van der Waals surface area contributed by atoms with Crippen LogP contribution >= 0.6 is 0 Å². The van der Waals surface area contributed by atoms with Crippen molar-refractivity contribution in [3.05, 3.63) is 35.9 Å². The van der Waals surface area contributed by atoms with Gasteiger partial charge in [-0.15, -0.1) is 0 Å². The van der Waals surface area contributed by atoms with Crippen LogP contribution < -0.4 is 0 Å². The van der Waals surface area contributed by atoms with Gasteiger partial charge in [-0.05, 0) is 26.5 Å². The largest absolute Gasteiger partial charge is 0.354 e. The predicted molar refractivity (Wildman–Crippen MR) is 57.0 cm³/mol. The molecule has 76 valence electrons. The molecule has 2 nitrogen and oxygen atoms in total. The molecule has 3 atom stereocenters. The minimum Gasteiger partial charge on any atom is -0.354 e. The van der Waals surface area contributed by atoms with E-state index in [0.717, 1.165) is 0 Å². The molecule has 0 saturated carbocycles. The number of ether oxygens (including phenoxy) is 1. The summed E-state index contributed by atoms with van der Waals surface area (Å²) in [5.74, 6) is 0. The zero-order chi connectivity index (χ0) is 10.1. The van der Waals surface area contributed by atoms with Crippen LogP contribution in [0.25, 0.3) is 0 Å². The summed E-state index contributed by atoms with van der Waals surface area (Å²) in [6.07, 6.45) is 0.436. The van der Waals surface area contributed by atoms with E-state index in [-0.39, 0.29) is 12.3 Å². The lowest BCUT2D eigenvalue weighted by Crippen LogP contribution is -2.29. The second kappa shape index (κ2) is 3.71. The first-order valence-electron chi connectivity index (χ1n) is 5.12. The monoisotopic (exact) mass is 191 g/mol. The summed E-state index contributed by atoms with van der Waals surface area (Å²) in [7, 11) is 2.11. The molecule has 0 aliphatic carbocycles. The molecule has 0 N–H and O–H groups in total. The van der Waals surface area contributed by atoms with Gasteiger partial charge in [0.2, 0.25) is 0 Å². The highest BCUT2D eigenvalue weighted by molar-refractivity contribution is 5.20. The van der Waals surface area contributed by atoms with Crippen LogP contribution in [0.3, 0.4) is 0 Å². The van der Waals surface area contributed by atoms with E-state index in [0.29, 0.717) is 6.04 Å². The van der Waals surface area contributed by atoms with Gasteiger partial charge in [-0.1, -0.05) is 30.3 Å². The lowest BCUT2D eigenvalue weighted by molar-refractivity contribution is 0.0208. The van der Waals surface area contributed by atoms with E-state index in [1.807, 2.05) is 6.07 Å². The number of nitrogens with zero attached hydrogens (tertiary/aromatic N) is 1. The van der Waals surface area contributed by atoms with Gasteiger partial charge in [0, 0.05) is 6.04 Å². The summed E-state index contributed by atoms with van der Waals surface area (Å²) in [5, 5.41) is 0. The first kappa shape index (κ1) is 9.69. The fraction of sp³-hybridized carbons (Fsp3) is 0.500. The lowest BCUT2D eigenvalue weighted by Gasteiger charge is -2.18. The van der Waals surface area contributed by atoms with Gasteiger partial charge in [-0.25, -0.2) is 0 Å². The molecule has 0 spiro atoms. The highest BCUT2D eigenvalue weighted by Crippen LogP contribution is 2.32. The van der Waals surface area contributed by atoms with Crippen LogP contribution in [0.4, 0.5) is 0 Å². The third kappa shape index (κ3) is 1.56. The van der Waals surface area contributed by atoms with Crippen molar-refractivity contribution < 1.29 is 4.74 Å². The van der Waals surface area contributed by atoms with Gasteiger partial charge in [0.1, 0.15) is 6.23 Å². The fourth-order valence-corrected chi connectivity index (χ4v) is 1.97. The number of rotatable bonds is 1. The van der Waals surface area contributed by atoms with Gasteiger partial charge in [-0.2, -0.15) is 0 Å². The van der Waals surface area contributed by atoms with E-state index in [2.05, 4.69) is 50.1 Å². The van der Waals surface area contributed by atoms with E-state index in [1.54, 1.807) is 0 Å². The zero-order valence-corrected chi connectivity index (χ0v) is 8.97. The molecule has 0 radical (unpaired) electrons. The fourth-order valence-electron chi connectivity index (χ4n) is 1.97. The van der Waals surface area contributed by atoms with Gasteiger partial charge in [0.25, 0.3) is 0 Å². The molecular formula is C12H17NO. The molecule has 0 amide bonds. The summed E-state index contributed by atoms with van der Waals surface area (Å²) < 4.78 is 5.90. The average Bonchev–Trinajstić information content (AvgIpc) is 2.47. The molecule has 1 heterocycles.